The SMILES string of the molecule is Cc1cccc(C)c1-c1cc2nc(n1)NS(=O)(=O)c1cccc(c1)C(=O)N(Cc1ccc(C(C)(C)O)cc1)[C@H](CC(C)(C)O)CO2. The van der Waals surface area contributed by atoms with Crippen molar-refractivity contribution in [3.63, 3.8) is 0 Å². The van der Waals surface area contributed by atoms with Gasteiger partial charge in [-0.05, 0) is 88.4 Å². The standard InChI is InChI=1S/C35H40N4O6S/c1-22-9-7-10-23(2)31(22)29-18-30-37-33(36-29)38-46(43,44)28-12-8-11-25(17-28)32(40)39(27(21-45-30)19-34(3,4)41)20-24-13-15-26(16-14-24)35(5,6)42/h7-18,27,41-42H,19-21H2,1-6H3,(H,36,37,38)/t27-/m1/s1. The molecule has 242 valence electrons. The van der Waals surface area contributed by atoms with Crippen molar-refractivity contribution in [2.75, 3.05) is 11.3 Å². The minimum atomic E-state index is -4.20. The molecule has 2 heterocycles. The minimum absolute atomic E-state index is 0.0490. The molecule has 0 radical (unpaired) electrons. The van der Waals surface area contributed by atoms with E-state index in [1.54, 1.807) is 56.9 Å². The van der Waals surface area contributed by atoms with Gasteiger partial charge in [0.2, 0.25) is 11.8 Å². The van der Waals surface area contributed by atoms with Gasteiger partial charge in [-0.2, -0.15) is 4.98 Å². The van der Waals surface area contributed by atoms with Crippen LogP contribution in [0.1, 0.15) is 66.7 Å². The number of rotatable bonds is 6. The molecule has 0 saturated heterocycles. The summed E-state index contributed by atoms with van der Waals surface area (Å²) in [6.45, 7) is 10.7. The van der Waals surface area contributed by atoms with Crippen LogP contribution in [0.15, 0.2) is 77.7 Å². The Labute approximate surface area is 270 Å². The first-order valence-corrected chi connectivity index (χ1v) is 16.5. The minimum Gasteiger partial charge on any atom is -0.475 e. The van der Waals surface area contributed by atoms with Crippen LogP contribution in [-0.2, 0) is 22.2 Å². The Morgan fingerprint density at radius 1 is 0.935 bits per heavy atom. The molecule has 0 spiro atoms. The van der Waals surface area contributed by atoms with Crippen molar-refractivity contribution in [2.24, 2.45) is 0 Å². The van der Waals surface area contributed by atoms with Gasteiger partial charge >= 0.3 is 0 Å². The molecule has 3 N–H and O–H groups in total. The molecule has 4 aromatic rings. The largest absolute Gasteiger partial charge is 0.475 e. The summed E-state index contributed by atoms with van der Waals surface area (Å²) in [6.07, 6.45) is 0.151. The Hall–Kier alpha value is -4.32. The third-order valence-corrected chi connectivity index (χ3v) is 9.26. The molecule has 0 fully saturated rings. The van der Waals surface area contributed by atoms with Crippen LogP contribution in [0.25, 0.3) is 11.3 Å². The number of aliphatic hydroxyl groups is 2. The summed E-state index contributed by atoms with van der Waals surface area (Å²) in [6, 6.07) is 19.9. The number of ether oxygens (including phenoxy) is 1. The van der Waals surface area contributed by atoms with E-state index >= 15 is 0 Å². The summed E-state index contributed by atoms with van der Waals surface area (Å²) >= 11 is 0. The second kappa shape index (κ2) is 12.5. The Bertz CT molecular complexity index is 1840. The Balaban J connectivity index is 1.65. The summed E-state index contributed by atoms with van der Waals surface area (Å²) in [5.74, 6) is -0.498. The third kappa shape index (κ3) is 7.55. The van der Waals surface area contributed by atoms with Crippen LogP contribution in [0.5, 0.6) is 5.88 Å². The van der Waals surface area contributed by atoms with E-state index in [1.165, 1.54) is 18.2 Å². The summed E-state index contributed by atoms with van der Waals surface area (Å²) < 4.78 is 35.9. The number of carbonyl (C=O) groups excluding carboxylic acids is 1. The lowest BCUT2D eigenvalue weighted by Gasteiger charge is -2.35. The van der Waals surface area contributed by atoms with E-state index in [-0.39, 0.29) is 41.9 Å². The second-order valence-electron chi connectivity index (χ2n) is 13.0. The fraction of sp³-hybridized carbons (Fsp3) is 0.343. The third-order valence-electron chi connectivity index (χ3n) is 7.93. The molecule has 10 nitrogen and oxygen atoms in total. The predicted octanol–water partition coefficient (Wildman–Crippen LogP) is 5.35. The summed E-state index contributed by atoms with van der Waals surface area (Å²) in [5, 5.41) is 21.4. The van der Waals surface area contributed by atoms with Crippen molar-refractivity contribution < 1.29 is 28.2 Å². The number of nitrogens with one attached hydrogen (secondary N) is 1. The monoisotopic (exact) mass is 644 g/mol. The molecule has 1 aromatic heterocycles. The summed E-state index contributed by atoms with van der Waals surface area (Å²) in [7, 11) is -4.20. The molecule has 1 aliphatic rings. The smallest absolute Gasteiger partial charge is 0.264 e. The number of hydrogen-bond donors (Lipinski definition) is 3. The second-order valence-corrected chi connectivity index (χ2v) is 14.7. The number of fused-ring (bicyclic) bond motifs is 4. The molecular formula is C35H40N4O6S. The van der Waals surface area contributed by atoms with Crippen molar-refractivity contribution in [3.05, 3.63) is 101 Å². The average molecular weight is 645 g/mol. The number of aromatic nitrogens is 2. The van der Waals surface area contributed by atoms with Crippen LogP contribution in [0.2, 0.25) is 0 Å². The highest BCUT2D eigenvalue weighted by molar-refractivity contribution is 7.92. The summed E-state index contributed by atoms with van der Waals surface area (Å²) in [4.78, 5) is 24.7. The van der Waals surface area contributed by atoms with Crippen molar-refractivity contribution >= 4 is 21.9 Å². The highest BCUT2D eigenvalue weighted by atomic mass is 32.2. The van der Waals surface area contributed by atoms with Crippen molar-refractivity contribution in [1.29, 1.82) is 0 Å². The van der Waals surface area contributed by atoms with Gasteiger partial charge in [0.1, 0.15) is 6.61 Å². The van der Waals surface area contributed by atoms with Crippen LogP contribution >= 0.6 is 0 Å². The van der Waals surface area contributed by atoms with Crippen molar-refractivity contribution in [2.45, 2.75) is 76.6 Å². The quantitative estimate of drug-likeness (QED) is 0.255. The number of sulfonamides is 1. The van der Waals surface area contributed by atoms with Gasteiger partial charge in [-0.1, -0.05) is 48.5 Å². The van der Waals surface area contributed by atoms with E-state index in [4.69, 9.17) is 4.74 Å². The lowest BCUT2D eigenvalue weighted by molar-refractivity contribution is 0.0161. The molecule has 5 rings (SSSR count). The number of anilines is 1. The maximum atomic E-state index is 14.3. The first-order valence-electron chi connectivity index (χ1n) is 15.1. The first-order chi connectivity index (χ1) is 21.5. The normalized spacial score (nSPS) is 16.8. The molecule has 0 unspecified atom stereocenters. The molecule has 1 atom stereocenters. The molecule has 0 saturated carbocycles. The number of hydrogen-bond acceptors (Lipinski definition) is 8. The Morgan fingerprint density at radius 2 is 1.59 bits per heavy atom. The maximum Gasteiger partial charge on any atom is 0.264 e. The van der Waals surface area contributed by atoms with Gasteiger partial charge in [0.25, 0.3) is 15.9 Å². The number of amides is 1. The van der Waals surface area contributed by atoms with E-state index in [0.29, 0.717) is 11.3 Å². The van der Waals surface area contributed by atoms with E-state index in [9.17, 15) is 23.4 Å². The fourth-order valence-electron chi connectivity index (χ4n) is 5.63. The van der Waals surface area contributed by atoms with E-state index < -0.39 is 33.2 Å². The molecule has 3 aromatic carbocycles. The van der Waals surface area contributed by atoms with Crippen molar-refractivity contribution in [1.82, 2.24) is 14.9 Å². The highest BCUT2D eigenvalue weighted by Gasteiger charge is 2.32. The highest BCUT2D eigenvalue weighted by Crippen LogP contribution is 2.31. The van der Waals surface area contributed by atoms with Crippen LogP contribution in [0.4, 0.5) is 5.95 Å². The van der Waals surface area contributed by atoms with Gasteiger partial charge in [0, 0.05) is 23.7 Å². The van der Waals surface area contributed by atoms with Gasteiger partial charge < -0.3 is 19.8 Å². The van der Waals surface area contributed by atoms with Gasteiger partial charge in [-0.15, -0.1) is 0 Å². The lowest BCUT2D eigenvalue weighted by atomic mass is 9.95. The van der Waals surface area contributed by atoms with E-state index in [2.05, 4.69) is 14.7 Å². The van der Waals surface area contributed by atoms with Crippen LogP contribution in [-0.4, -0.2) is 57.7 Å². The molecule has 4 bridgehead atoms. The molecule has 1 aliphatic heterocycles. The average Bonchev–Trinajstić information content (AvgIpc) is 2.96. The number of nitrogens with zero attached hydrogens (tertiary/aromatic N) is 3. The van der Waals surface area contributed by atoms with Gasteiger partial charge in [-0.3, -0.25) is 4.79 Å². The van der Waals surface area contributed by atoms with Crippen LogP contribution in [0, 0.1) is 13.8 Å². The van der Waals surface area contributed by atoms with Gasteiger partial charge in [0.05, 0.1) is 27.8 Å². The zero-order chi connectivity index (χ0) is 33.4. The molecular weight excluding hydrogens is 604 g/mol. The zero-order valence-electron chi connectivity index (χ0n) is 26.9. The topological polar surface area (TPSA) is 142 Å². The van der Waals surface area contributed by atoms with E-state index in [0.717, 1.165) is 22.3 Å². The molecule has 46 heavy (non-hydrogen) atoms. The van der Waals surface area contributed by atoms with Crippen molar-refractivity contribution in [3.8, 4) is 17.1 Å². The lowest BCUT2D eigenvalue weighted by Crippen LogP contribution is -2.46. The first kappa shape index (κ1) is 33.1. The molecule has 11 heteroatoms. The Morgan fingerprint density at radius 3 is 2.22 bits per heavy atom. The van der Waals surface area contributed by atoms with Crippen LogP contribution in [0.3, 0.4) is 0 Å². The van der Waals surface area contributed by atoms with E-state index in [1.807, 2.05) is 44.2 Å². The number of aryl methyl sites for hydroxylation is 2. The summed E-state index contributed by atoms with van der Waals surface area (Å²) in [5.41, 5.74) is 2.60. The molecule has 0 aliphatic carbocycles. The van der Waals surface area contributed by atoms with Gasteiger partial charge in [0.15, 0.2) is 0 Å². The number of benzene rings is 3. The van der Waals surface area contributed by atoms with Gasteiger partial charge in [-0.25, -0.2) is 18.1 Å². The fourth-order valence-corrected chi connectivity index (χ4v) is 6.62. The molecule has 1 amide bonds. The maximum absolute atomic E-state index is 14.3. The Kier molecular flexibility index (Phi) is 8.96. The predicted molar refractivity (Wildman–Crippen MR) is 176 cm³/mol. The van der Waals surface area contributed by atoms with Crippen LogP contribution < -0.4 is 9.46 Å². The zero-order valence-corrected chi connectivity index (χ0v) is 27.7. The number of carbonyl (C=O) groups is 1.